The van der Waals surface area contributed by atoms with Crippen LogP contribution in [0.25, 0.3) is 0 Å². The predicted octanol–water partition coefficient (Wildman–Crippen LogP) is 1.41. The first kappa shape index (κ1) is 18.2. The first-order valence-corrected chi connectivity index (χ1v) is 8.90. The molecular weight excluding hydrogens is 340 g/mol. The zero-order valence-electron chi connectivity index (χ0n) is 12.9. The molecule has 0 aromatic heterocycles. The van der Waals surface area contributed by atoms with Crippen LogP contribution in [0.3, 0.4) is 0 Å². The maximum absolute atomic E-state index is 12.9. The molecule has 0 spiro atoms. The van der Waals surface area contributed by atoms with E-state index in [-0.39, 0.29) is 29.4 Å². The minimum Gasteiger partial charge on any atom is -0.465 e. The van der Waals surface area contributed by atoms with E-state index in [0.717, 1.165) is 25.8 Å². The monoisotopic (exact) mass is 360 g/mol. The van der Waals surface area contributed by atoms with Crippen LogP contribution in [-0.2, 0) is 14.8 Å². The van der Waals surface area contributed by atoms with Crippen LogP contribution in [0, 0.1) is 0 Å². The molecule has 1 N–H and O–H groups in total. The van der Waals surface area contributed by atoms with E-state index in [1.54, 1.807) is 4.31 Å². The lowest BCUT2D eigenvalue weighted by atomic mass is 10.1. The fourth-order valence-corrected chi connectivity index (χ4v) is 5.23. The highest BCUT2D eigenvalue weighted by atomic mass is 35.5. The minimum absolute atomic E-state index is 0. The number of benzene rings is 1. The molecule has 2 heterocycles. The van der Waals surface area contributed by atoms with Crippen molar-refractivity contribution in [2.24, 2.45) is 0 Å². The summed E-state index contributed by atoms with van der Waals surface area (Å²) in [5, 5.41) is 3.30. The Bertz CT molecular complexity index is 649. The van der Waals surface area contributed by atoms with Crippen LogP contribution in [0.4, 0.5) is 0 Å². The minimum atomic E-state index is -3.53. The van der Waals surface area contributed by atoms with E-state index in [2.05, 4.69) is 10.1 Å². The van der Waals surface area contributed by atoms with Crippen molar-refractivity contribution < 1.29 is 17.9 Å². The molecule has 2 bridgehead atoms. The number of hydrogen-bond acceptors (Lipinski definition) is 5. The number of fused-ring (bicyclic) bond motifs is 2. The van der Waals surface area contributed by atoms with Crippen molar-refractivity contribution in [2.45, 2.75) is 36.2 Å². The Morgan fingerprint density at radius 3 is 2.48 bits per heavy atom. The number of nitrogens with zero attached hydrogens (tertiary/aromatic N) is 1. The van der Waals surface area contributed by atoms with E-state index >= 15 is 0 Å². The van der Waals surface area contributed by atoms with Crippen molar-refractivity contribution in [1.29, 1.82) is 0 Å². The second-order valence-corrected chi connectivity index (χ2v) is 7.57. The van der Waals surface area contributed by atoms with E-state index in [9.17, 15) is 13.2 Å². The van der Waals surface area contributed by atoms with Gasteiger partial charge in [-0.25, -0.2) is 13.2 Å². The van der Waals surface area contributed by atoms with Gasteiger partial charge >= 0.3 is 5.97 Å². The third kappa shape index (κ3) is 3.38. The molecule has 0 amide bonds. The largest absolute Gasteiger partial charge is 0.465 e. The van der Waals surface area contributed by atoms with Gasteiger partial charge in [0.05, 0.1) is 17.6 Å². The maximum Gasteiger partial charge on any atom is 0.337 e. The van der Waals surface area contributed by atoms with E-state index in [1.165, 1.54) is 31.4 Å². The Balaban J connectivity index is 0.00000192. The SMILES string of the molecule is COC(=O)c1ccc(S(=O)(=O)N2C3CCNCC2CC3)cc1.Cl. The smallest absolute Gasteiger partial charge is 0.337 e. The van der Waals surface area contributed by atoms with Gasteiger partial charge in [-0.1, -0.05) is 0 Å². The van der Waals surface area contributed by atoms with Crippen molar-refractivity contribution in [1.82, 2.24) is 9.62 Å². The maximum atomic E-state index is 12.9. The predicted molar refractivity (Wildman–Crippen MR) is 88.4 cm³/mol. The summed E-state index contributed by atoms with van der Waals surface area (Å²) in [5.74, 6) is -0.469. The molecule has 2 unspecified atom stereocenters. The summed E-state index contributed by atoms with van der Waals surface area (Å²) in [4.78, 5) is 11.7. The molecule has 8 heteroatoms. The molecule has 0 saturated carbocycles. The second kappa shape index (κ2) is 7.17. The highest BCUT2D eigenvalue weighted by Crippen LogP contribution is 2.33. The van der Waals surface area contributed by atoms with Crippen molar-refractivity contribution in [3.05, 3.63) is 29.8 Å². The quantitative estimate of drug-likeness (QED) is 0.825. The van der Waals surface area contributed by atoms with Gasteiger partial charge in [0.25, 0.3) is 0 Å². The number of rotatable bonds is 3. The van der Waals surface area contributed by atoms with E-state index in [4.69, 9.17) is 0 Å². The van der Waals surface area contributed by atoms with Crippen LogP contribution in [0.1, 0.15) is 29.6 Å². The highest BCUT2D eigenvalue weighted by molar-refractivity contribution is 7.89. The standard InChI is InChI=1S/C15H20N2O4S.ClH/c1-21-15(18)11-2-6-14(7-3-11)22(19,20)17-12-4-5-13(17)10-16-9-8-12;/h2-3,6-7,12-13,16H,4-5,8-10H2,1H3;1H. The van der Waals surface area contributed by atoms with Gasteiger partial charge in [-0.3, -0.25) is 0 Å². The number of halogens is 1. The molecule has 0 radical (unpaired) electrons. The summed E-state index contributed by atoms with van der Waals surface area (Å²) in [6.07, 6.45) is 2.67. The normalized spacial score (nSPS) is 24.6. The van der Waals surface area contributed by atoms with Gasteiger partial charge in [0.15, 0.2) is 0 Å². The van der Waals surface area contributed by atoms with Gasteiger partial charge in [-0.2, -0.15) is 4.31 Å². The zero-order chi connectivity index (χ0) is 15.7. The number of hydrogen-bond donors (Lipinski definition) is 1. The summed E-state index contributed by atoms with van der Waals surface area (Å²) in [6, 6.07) is 6.06. The fourth-order valence-electron chi connectivity index (χ4n) is 3.33. The number of ether oxygens (including phenoxy) is 1. The summed E-state index contributed by atoms with van der Waals surface area (Å²) >= 11 is 0. The lowest BCUT2D eigenvalue weighted by molar-refractivity contribution is 0.0600. The fraction of sp³-hybridized carbons (Fsp3) is 0.533. The molecule has 2 saturated heterocycles. The molecule has 2 atom stereocenters. The van der Waals surface area contributed by atoms with Crippen LogP contribution < -0.4 is 5.32 Å². The van der Waals surface area contributed by atoms with Crippen LogP contribution in [0.5, 0.6) is 0 Å². The molecule has 23 heavy (non-hydrogen) atoms. The molecule has 2 fully saturated rings. The van der Waals surface area contributed by atoms with Crippen LogP contribution >= 0.6 is 12.4 Å². The summed E-state index contributed by atoms with van der Waals surface area (Å²) in [7, 11) is -2.23. The molecule has 128 valence electrons. The van der Waals surface area contributed by atoms with E-state index < -0.39 is 16.0 Å². The van der Waals surface area contributed by atoms with E-state index in [1.807, 2.05) is 0 Å². The second-order valence-electron chi connectivity index (χ2n) is 5.73. The number of sulfonamides is 1. The first-order valence-electron chi connectivity index (χ1n) is 7.46. The highest BCUT2D eigenvalue weighted by Gasteiger charge is 2.42. The Morgan fingerprint density at radius 1 is 1.17 bits per heavy atom. The van der Waals surface area contributed by atoms with Gasteiger partial charge in [0.1, 0.15) is 0 Å². The van der Waals surface area contributed by atoms with Gasteiger partial charge in [-0.05, 0) is 50.1 Å². The van der Waals surface area contributed by atoms with Gasteiger partial charge in [0, 0.05) is 18.6 Å². The summed E-state index contributed by atoms with van der Waals surface area (Å²) in [5.41, 5.74) is 0.349. The van der Waals surface area contributed by atoms with Crippen LogP contribution in [0.15, 0.2) is 29.2 Å². The van der Waals surface area contributed by atoms with Gasteiger partial charge in [-0.15, -0.1) is 12.4 Å². The number of carbonyl (C=O) groups excluding carboxylic acids is 1. The van der Waals surface area contributed by atoms with Crippen molar-refractivity contribution in [3.63, 3.8) is 0 Å². The Morgan fingerprint density at radius 2 is 1.83 bits per heavy atom. The molecule has 2 aliphatic rings. The number of nitrogens with one attached hydrogen (secondary N) is 1. The number of esters is 1. The molecular formula is C15H21ClN2O4S. The van der Waals surface area contributed by atoms with E-state index in [0.29, 0.717) is 12.1 Å². The Kier molecular flexibility index (Phi) is 5.67. The van der Waals surface area contributed by atoms with Crippen LogP contribution in [0.2, 0.25) is 0 Å². The molecule has 2 aliphatic heterocycles. The molecule has 3 rings (SSSR count). The van der Waals surface area contributed by atoms with Gasteiger partial charge in [0.2, 0.25) is 10.0 Å². The lowest BCUT2D eigenvalue weighted by Crippen LogP contribution is -2.42. The first-order chi connectivity index (χ1) is 10.5. The lowest BCUT2D eigenvalue weighted by Gasteiger charge is -2.26. The molecule has 6 nitrogen and oxygen atoms in total. The average Bonchev–Trinajstić information content (AvgIpc) is 2.80. The Labute approximate surface area is 142 Å². The van der Waals surface area contributed by atoms with Crippen molar-refractivity contribution in [3.8, 4) is 0 Å². The third-order valence-corrected chi connectivity index (χ3v) is 6.46. The van der Waals surface area contributed by atoms with Crippen LogP contribution in [-0.4, -0.2) is 51.0 Å². The molecule has 0 aliphatic carbocycles. The van der Waals surface area contributed by atoms with Gasteiger partial charge < -0.3 is 10.1 Å². The summed E-state index contributed by atoms with van der Waals surface area (Å²) in [6.45, 7) is 1.56. The average molecular weight is 361 g/mol. The topological polar surface area (TPSA) is 75.7 Å². The molecule has 1 aromatic carbocycles. The van der Waals surface area contributed by atoms with Crippen molar-refractivity contribution >= 4 is 28.4 Å². The third-order valence-electron chi connectivity index (χ3n) is 4.44. The zero-order valence-corrected chi connectivity index (χ0v) is 14.5. The summed E-state index contributed by atoms with van der Waals surface area (Å²) < 4.78 is 32.2. The number of carbonyl (C=O) groups is 1. The van der Waals surface area contributed by atoms with Crippen molar-refractivity contribution in [2.75, 3.05) is 20.2 Å². The Hall–Kier alpha value is -1.15. The molecule has 1 aromatic rings. The number of methoxy groups -OCH3 is 1.